The zero-order chi connectivity index (χ0) is 19.2. The van der Waals surface area contributed by atoms with Gasteiger partial charge in [-0.2, -0.15) is 0 Å². The lowest BCUT2D eigenvalue weighted by Crippen LogP contribution is -2.33. The van der Waals surface area contributed by atoms with Crippen molar-refractivity contribution in [3.05, 3.63) is 81.5 Å². The second-order valence-corrected chi connectivity index (χ2v) is 7.60. The van der Waals surface area contributed by atoms with Gasteiger partial charge in [0.25, 0.3) is 15.6 Å². The number of aromatic nitrogens is 2. The molecule has 3 N–H and O–H groups in total. The van der Waals surface area contributed by atoms with Gasteiger partial charge in [-0.3, -0.25) is 9.52 Å². The molecule has 9 heteroatoms. The molecule has 0 spiro atoms. The van der Waals surface area contributed by atoms with Crippen LogP contribution in [0.4, 0.5) is 5.69 Å². The standard InChI is InChI=1S/C18H13N3O5S/c22-17-15-10-13(6-8-16(15)19-18(23)21(17)24)20-27(25,26)14-7-5-11-3-1-2-4-12(11)9-14/h1-10,20,24H,(H,19,23). The maximum atomic E-state index is 12.7. The zero-order valence-corrected chi connectivity index (χ0v) is 14.5. The van der Waals surface area contributed by atoms with Crippen LogP contribution in [0.1, 0.15) is 0 Å². The van der Waals surface area contributed by atoms with Crippen molar-refractivity contribution < 1.29 is 13.6 Å². The van der Waals surface area contributed by atoms with Gasteiger partial charge in [-0.25, -0.2) is 13.2 Å². The minimum absolute atomic E-state index is 0.0317. The number of hydrogen-bond acceptors (Lipinski definition) is 5. The predicted octanol–water partition coefficient (Wildman–Crippen LogP) is 1.88. The van der Waals surface area contributed by atoms with E-state index >= 15 is 0 Å². The Labute approximate surface area is 152 Å². The van der Waals surface area contributed by atoms with Crippen molar-refractivity contribution in [3.8, 4) is 0 Å². The number of benzene rings is 3. The summed E-state index contributed by atoms with van der Waals surface area (Å²) < 4.78 is 27.7. The van der Waals surface area contributed by atoms with Gasteiger partial charge in [0.05, 0.1) is 15.8 Å². The van der Waals surface area contributed by atoms with Crippen molar-refractivity contribution in [2.24, 2.45) is 0 Å². The molecule has 0 atom stereocenters. The van der Waals surface area contributed by atoms with Gasteiger partial charge in [0.1, 0.15) is 0 Å². The summed E-state index contributed by atoms with van der Waals surface area (Å²) in [4.78, 5) is 25.8. The molecule has 4 aromatic rings. The van der Waals surface area contributed by atoms with E-state index < -0.39 is 21.3 Å². The first-order chi connectivity index (χ1) is 12.8. The number of fused-ring (bicyclic) bond motifs is 2. The topological polar surface area (TPSA) is 121 Å². The number of aromatic amines is 1. The first-order valence-electron chi connectivity index (χ1n) is 7.85. The quantitative estimate of drug-likeness (QED) is 0.467. The summed E-state index contributed by atoms with van der Waals surface area (Å²) in [5, 5.41) is 11.1. The molecule has 0 saturated carbocycles. The normalized spacial score (nSPS) is 11.7. The molecule has 0 unspecified atom stereocenters. The van der Waals surface area contributed by atoms with Crippen LogP contribution in [0.5, 0.6) is 0 Å². The molecule has 136 valence electrons. The van der Waals surface area contributed by atoms with Gasteiger partial charge in [-0.05, 0) is 41.1 Å². The van der Waals surface area contributed by atoms with E-state index in [1.807, 2.05) is 24.3 Å². The van der Waals surface area contributed by atoms with E-state index in [9.17, 15) is 23.2 Å². The highest BCUT2D eigenvalue weighted by Gasteiger charge is 2.16. The van der Waals surface area contributed by atoms with E-state index in [0.717, 1.165) is 10.8 Å². The highest BCUT2D eigenvalue weighted by atomic mass is 32.2. The summed E-state index contributed by atoms with van der Waals surface area (Å²) in [5.41, 5.74) is -1.61. The Kier molecular flexibility index (Phi) is 3.74. The lowest BCUT2D eigenvalue weighted by molar-refractivity contribution is 0.162. The van der Waals surface area contributed by atoms with Gasteiger partial charge in [0.2, 0.25) is 0 Å². The Balaban J connectivity index is 1.77. The number of sulfonamides is 1. The van der Waals surface area contributed by atoms with Gasteiger partial charge in [0, 0.05) is 5.69 Å². The van der Waals surface area contributed by atoms with Crippen molar-refractivity contribution >= 4 is 37.4 Å². The molecule has 0 aliphatic carbocycles. The molecule has 4 rings (SSSR count). The SMILES string of the molecule is O=c1[nH]c2ccc(NS(=O)(=O)c3ccc4ccccc4c3)cc2c(=O)n1O. The first-order valence-corrected chi connectivity index (χ1v) is 9.33. The number of hydrogen-bond donors (Lipinski definition) is 3. The van der Waals surface area contributed by atoms with Gasteiger partial charge in [-0.15, -0.1) is 0 Å². The Morgan fingerprint density at radius 3 is 2.44 bits per heavy atom. The van der Waals surface area contributed by atoms with Crippen LogP contribution in [0.25, 0.3) is 21.7 Å². The summed E-state index contributed by atoms with van der Waals surface area (Å²) in [7, 11) is -3.90. The molecule has 0 fully saturated rings. The van der Waals surface area contributed by atoms with Crippen LogP contribution in [0.2, 0.25) is 0 Å². The smallest absolute Gasteiger partial charge is 0.362 e. The fourth-order valence-electron chi connectivity index (χ4n) is 2.82. The monoisotopic (exact) mass is 383 g/mol. The van der Waals surface area contributed by atoms with Crippen LogP contribution in [-0.2, 0) is 10.0 Å². The minimum Gasteiger partial charge on any atom is -0.421 e. The lowest BCUT2D eigenvalue weighted by Gasteiger charge is -2.10. The summed E-state index contributed by atoms with van der Waals surface area (Å²) in [6, 6.07) is 16.2. The fraction of sp³-hybridized carbons (Fsp3) is 0. The van der Waals surface area contributed by atoms with Gasteiger partial charge < -0.3 is 10.2 Å². The van der Waals surface area contributed by atoms with E-state index in [2.05, 4.69) is 9.71 Å². The lowest BCUT2D eigenvalue weighted by atomic mass is 10.1. The molecule has 0 saturated heterocycles. The van der Waals surface area contributed by atoms with Gasteiger partial charge >= 0.3 is 5.69 Å². The highest BCUT2D eigenvalue weighted by molar-refractivity contribution is 7.92. The third kappa shape index (κ3) is 2.93. The number of nitrogens with one attached hydrogen (secondary N) is 2. The first kappa shape index (κ1) is 16.9. The number of nitrogens with zero attached hydrogens (tertiary/aromatic N) is 1. The van der Waals surface area contributed by atoms with E-state index in [1.165, 1.54) is 24.3 Å². The fourth-order valence-corrected chi connectivity index (χ4v) is 3.90. The van der Waals surface area contributed by atoms with Crippen LogP contribution < -0.4 is 16.0 Å². The molecule has 0 amide bonds. The number of rotatable bonds is 3. The van der Waals surface area contributed by atoms with Crippen molar-refractivity contribution in [1.82, 2.24) is 9.71 Å². The molecule has 0 aliphatic rings. The molecule has 27 heavy (non-hydrogen) atoms. The van der Waals surface area contributed by atoms with Crippen LogP contribution in [0.15, 0.2) is 75.1 Å². The average Bonchev–Trinajstić information content (AvgIpc) is 2.66. The van der Waals surface area contributed by atoms with Crippen molar-refractivity contribution in [2.75, 3.05) is 4.72 Å². The molecular formula is C18H13N3O5S. The molecule has 8 nitrogen and oxygen atoms in total. The molecular weight excluding hydrogens is 370 g/mol. The minimum atomic E-state index is -3.90. The average molecular weight is 383 g/mol. The van der Waals surface area contributed by atoms with Crippen LogP contribution in [0.3, 0.4) is 0 Å². The van der Waals surface area contributed by atoms with E-state index in [1.54, 1.807) is 12.1 Å². The molecule has 0 bridgehead atoms. The van der Waals surface area contributed by atoms with Crippen LogP contribution in [0, 0.1) is 0 Å². The summed E-state index contributed by atoms with van der Waals surface area (Å²) in [6.45, 7) is 0. The largest absolute Gasteiger partial charge is 0.421 e. The molecule has 1 aromatic heterocycles. The molecule has 0 aliphatic heterocycles. The molecule has 3 aromatic carbocycles. The third-order valence-corrected chi connectivity index (χ3v) is 5.54. The summed E-state index contributed by atoms with van der Waals surface area (Å²) in [5.74, 6) is 0. The second-order valence-electron chi connectivity index (χ2n) is 5.92. The van der Waals surface area contributed by atoms with Crippen molar-refractivity contribution in [1.29, 1.82) is 0 Å². The van der Waals surface area contributed by atoms with E-state index in [0.29, 0.717) is 0 Å². The highest BCUT2D eigenvalue weighted by Crippen LogP contribution is 2.22. The predicted molar refractivity (Wildman–Crippen MR) is 101 cm³/mol. The van der Waals surface area contributed by atoms with E-state index in [-0.39, 0.29) is 26.2 Å². The van der Waals surface area contributed by atoms with Crippen LogP contribution in [-0.4, -0.2) is 23.3 Å². The number of anilines is 1. The number of H-pyrrole nitrogens is 1. The van der Waals surface area contributed by atoms with Gasteiger partial charge in [-0.1, -0.05) is 35.1 Å². The van der Waals surface area contributed by atoms with Crippen LogP contribution >= 0.6 is 0 Å². The molecule has 1 heterocycles. The zero-order valence-electron chi connectivity index (χ0n) is 13.7. The maximum Gasteiger partial charge on any atom is 0.362 e. The third-order valence-electron chi connectivity index (χ3n) is 4.16. The van der Waals surface area contributed by atoms with E-state index in [4.69, 9.17) is 0 Å². The Morgan fingerprint density at radius 1 is 0.926 bits per heavy atom. The van der Waals surface area contributed by atoms with Crippen molar-refractivity contribution in [3.63, 3.8) is 0 Å². The summed E-state index contributed by atoms with van der Waals surface area (Å²) >= 11 is 0. The second kappa shape index (κ2) is 5.99. The van der Waals surface area contributed by atoms with Crippen molar-refractivity contribution in [2.45, 2.75) is 4.90 Å². The maximum absolute atomic E-state index is 12.7. The molecule has 0 radical (unpaired) electrons. The summed E-state index contributed by atoms with van der Waals surface area (Å²) in [6.07, 6.45) is 0. The Hall–Kier alpha value is -3.59. The Bertz CT molecular complexity index is 1420. The van der Waals surface area contributed by atoms with Gasteiger partial charge in [0.15, 0.2) is 0 Å². The Morgan fingerprint density at radius 2 is 1.67 bits per heavy atom.